The highest BCUT2D eigenvalue weighted by molar-refractivity contribution is 5.77. The Balaban J connectivity index is 2.34. The van der Waals surface area contributed by atoms with Crippen molar-refractivity contribution in [2.75, 3.05) is 0 Å². The molecule has 1 rings (SSSR count). The molecule has 2 N–H and O–H groups in total. The van der Waals surface area contributed by atoms with Crippen LogP contribution in [-0.2, 0) is 9.59 Å². The van der Waals surface area contributed by atoms with Gasteiger partial charge in [-0.05, 0) is 39.0 Å². The summed E-state index contributed by atoms with van der Waals surface area (Å²) in [5.74, 6) is -0.309. The van der Waals surface area contributed by atoms with E-state index in [0.29, 0.717) is 18.8 Å². The van der Waals surface area contributed by atoms with Crippen molar-refractivity contribution in [1.82, 2.24) is 5.32 Å². The molecule has 18 heavy (non-hydrogen) atoms. The van der Waals surface area contributed by atoms with Gasteiger partial charge in [-0.2, -0.15) is 0 Å². The Kier molecular flexibility index (Phi) is 5.63. The van der Waals surface area contributed by atoms with Crippen LogP contribution in [0.2, 0.25) is 0 Å². The number of aliphatic carboxylic acids is 1. The van der Waals surface area contributed by atoms with Crippen LogP contribution >= 0.6 is 0 Å². The fourth-order valence-electron chi connectivity index (χ4n) is 2.75. The molecule has 1 aliphatic carbocycles. The molecule has 4 heteroatoms. The van der Waals surface area contributed by atoms with Gasteiger partial charge < -0.3 is 10.4 Å². The van der Waals surface area contributed by atoms with E-state index in [9.17, 15) is 9.59 Å². The van der Waals surface area contributed by atoms with E-state index >= 15 is 0 Å². The van der Waals surface area contributed by atoms with Crippen molar-refractivity contribution >= 4 is 11.9 Å². The Morgan fingerprint density at radius 2 is 1.78 bits per heavy atom. The maximum absolute atomic E-state index is 11.8. The largest absolute Gasteiger partial charge is 0.481 e. The molecule has 0 spiro atoms. The van der Waals surface area contributed by atoms with Crippen molar-refractivity contribution < 1.29 is 14.7 Å². The monoisotopic (exact) mass is 255 g/mol. The minimum absolute atomic E-state index is 0.0215. The second-order valence-electron chi connectivity index (χ2n) is 5.85. The molecule has 0 saturated heterocycles. The van der Waals surface area contributed by atoms with Gasteiger partial charge in [-0.1, -0.05) is 19.3 Å². The van der Waals surface area contributed by atoms with Crippen LogP contribution in [0, 0.1) is 5.92 Å². The van der Waals surface area contributed by atoms with Gasteiger partial charge >= 0.3 is 5.97 Å². The van der Waals surface area contributed by atoms with E-state index in [-0.39, 0.29) is 17.9 Å². The molecule has 4 nitrogen and oxygen atoms in total. The van der Waals surface area contributed by atoms with E-state index in [1.165, 1.54) is 32.1 Å². The molecular formula is C14H25NO3. The molecule has 0 aliphatic heterocycles. The van der Waals surface area contributed by atoms with Crippen molar-refractivity contribution in [1.29, 1.82) is 0 Å². The van der Waals surface area contributed by atoms with Crippen LogP contribution in [0.25, 0.3) is 0 Å². The minimum atomic E-state index is -0.839. The molecular weight excluding hydrogens is 230 g/mol. The molecule has 0 aromatic carbocycles. The first-order valence-corrected chi connectivity index (χ1v) is 6.94. The number of rotatable bonds is 6. The van der Waals surface area contributed by atoms with Gasteiger partial charge in [-0.15, -0.1) is 0 Å². The van der Waals surface area contributed by atoms with E-state index in [4.69, 9.17) is 5.11 Å². The van der Waals surface area contributed by atoms with Gasteiger partial charge in [0.05, 0.1) is 0 Å². The zero-order chi connectivity index (χ0) is 13.6. The summed E-state index contributed by atoms with van der Waals surface area (Å²) < 4.78 is 0. The predicted molar refractivity (Wildman–Crippen MR) is 70.3 cm³/mol. The van der Waals surface area contributed by atoms with Gasteiger partial charge in [0, 0.05) is 18.4 Å². The van der Waals surface area contributed by atoms with Gasteiger partial charge in [0.15, 0.2) is 0 Å². The molecule has 1 saturated carbocycles. The summed E-state index contributed by atoms with van der Waals surface area (Å²) in [6.07, 6.45) is 6.97. The summed E-state index contributed by atoms with van der Waals surface area (Å²) in [4.78, 5) is 22.2. The van der Waals surface area contributed by atoms with E-state index < -0.39 is 5.97 Å². The molecule has 0 atom stereocenters. The van der Waals surface area contributed by atoms with Crippen molar-refractivity contribution in [3.8, 4) is 0 Å². The third-order valence-electron chi connectivity index (χ3n) is 3.88. The smallest absolute Gasteiger partial charge is 0.303 e. The second kappa shape index (κ2) is 6.76. The van der Waals surface area contributed by atoms with E-state index in [1.807, 2.05) is 0 Å². The maximum atomic E-state index is 11.8. The number of carboxylic acids is 1. The molecule has 1 aliphatic rings. The van der Waals surface area contributed by atoms with Crippen molar-refractivity contribution in [3.05, 3.63) is 0 Å². The quantitative estimate of drug-likeness (QED) is 0.767. The Bertz CT molecular complexity index is 293. The normalized spacial score (nSPS) is 17.4. The standard InChI is InChI=1S/C14H25NO3/c1-14(2,11-7-4-3-5-8-11)15-12(16)9-6-10-13(17)18/h11H,3-10H2,1-2H3,(H,15,16)(H,17,18). The predicted octanol–water partition coefficient (Wildman–Crippen LogP) is 2.72. The highest BCUT2D eigenvalue weighted by atomic mass is 16.4. The second-order valence-corrected chi connectivity index (χ2v) is 5.85. The molecule has 0 radical (unpaired) electrons. The van der Waals surface area contributed by atoms with Crippen LogP contribution in [0.15, 0.2) is 0 Å². The van der Waals surface area contributed by atoms with Crippen LogP contribution in [0.1, 0.15) is 65.2 Å². The van der Waals surface area contributed by atoms with Gasteiger partial charge in [0.2, 0.25) is 5.91 Å². The lowest BCUT2D eigenvalue weighted by molar-refractivity contribution is -0.137. The van der Waals surface area contributed by atoms with Crippen LogP contribution in [-0.4, -0.2) is 22.5 Å². The molecule has 104 valence electrons. The van der Waals surface area contributed by atoms with Crippen molar-refractivity contribution in [3.63, 3.8) is 0 Å². The molecule has 0 aromatic rings. The summed E-state index contributed by atoms with van der Waals surface area (Å²) >= 11 is 0. The SMILES string of the molecule is CC(C)(NC(=O)CCCC(=O)O)C1CCCCC1. The summed E-state index contributed by atoms with van der Waals surface area (Å²) in [6, 6.07) is 0. The average Bonchev–Trinajstić information content (AvgIpc) is 2.29. The lowest BCUT2D eigenvalue weighted by atomic mass is 9.76. The Labute approximate surface area is 109 Å². The number of carbonyl (C=O) groups is 2. The number of hydrogen-bond donors (Lipinski definition) is 2. The molecule has 0 heterocycles. The highest BCUT2D eigenvalue weighted by Crippen LogP contribution is 2.32. The molecule has 0 unspecified atom stereocenters. The summed E-state index contributed by atoms with van der Waals surface area (Å²) in [7, 11) is 0. The third-order valence-corrected chi connectivity index (χ3v) is 3.88. The first-order valence-electron chi connectivity index (χ1n) is 6.94. The van der Waals surface area contributed by atoms with Crippen LogP contribution in [0.3, 0.4) is 0 Å². The highest BCUT2D eigenvalue weighted by Gasteiger charge is 2.31. The van der Waals surface area contributed by atoms with Crippen LogP contribution in [0.4, 0.5) is 0 Å². The number of carboxylic acid groups (broad SMARTS) is 1. The first kappa shape index (κ1) is 15.0. The average molecular weight is 255 g/mol. The molecule has 1 amide bonds. The Hall–Kier alpha value is -1.06. The lowest BCUT2D eigenvalue weighted by Crippen LogP contribution is -2.49. The fraction of sp³-hybridized carbons (Fsp3) is 0.857. The van der Waals surface area contributed by atoms with Gasteiger partial charge in [-0.3, -0.25) is 9.59 Å². The van der Waals surface area contributed by atoms with Crippen molar-refractivity contribution in [2.45, 2.75) is 70.8 Å². The maximum Gasteiger partial charge on any atom is 0.303 e. The Morgan fingerprint density at radius 1 is 1.17 bits per heavy atom. The minimum Gasteiger partial charge on any atom is -0.481 e. The fourth-order valence-corrected chi connectivity index (χ4v) is 2.75. The van der Waals surface area contributed by atoms with Crippen LogP contribution < -0.4 is 5.32 Å². The first-order chi connectivity index (χ1) is 8.42. The van der Waals surface area contributed by atoms with Crippen LogP contribution in [0.5, 0.6) is 0 Å². The zero-order valence-corrected chi connectivity index (χ0v) is 11.5. The lowest BCUT2D eigenvalue weighted by Gasteiger charge is -2.37. The van der Waals surface area contributed by atoms with E-state index in [2.05, 4.69) is 19.2 Å². The summed E-state index contributed by atoms with van der Waals surface area (Å²) in [6.45, 7) is 4.16. The number of nitrogens with one attached hydrogen (secondary N) is 1. The van der Waals surface area contributed by atoms with E-state index in [1.54, 1.807) is 0 Å². The van der Waals surface area contributed by atoms with E-state index in [0.717, 1.165) is 0 Å². The Morgan fingerprint density at radius 3 is 2.33 bits per heavy atom. The summed E-state index contributed by atoms with van der Waals surface area (Å²) in [5, 5.41) is 11.6. The summed E-state index contributed by atoms with van der Waals surface area (Å²) in [5.41, 5.74) is -0.166. The zero-order valence-electron chi connectivity index (χ0n) is 11.5. The van der Waals surface area contributed by atoms with Gasteiger partial charge in [0.25, 0.3) is 0 Å². The third kappa shape index (κ3) is 5.07. The van der Waals surface area contributed by atoms with Crippen molar-refractivity contribution in [2.24, 2.45) is 5.92 Å². The molecule has 0 bridgehead atoms. The number of carbonyl (C=O) groups excluding carboxylic acids is 1. The number of amides is 1. The topological polar surface area (TPSA) is 66.4 Å². The number of hydrogen-bond acceptors (Lipinski definition) is 2. The molecule has 1 fully saturated rings. The van der Waals surface area contributed by atoms with Gasteiger partial charge in [-0.25, -0.2) is 0 Å². The molecule has 0 aromatic heterocycles. The van der Waals surface area contributed by atoms with Gasteiger partial charge in [0.1, 0.15) is 0 Å².